The van der Waals surface area contributed by atoms with E-state index in [2.05, 4.69) is 15.5 Å². The van der Waals surface area contributed by atoms with E-state index in [1.807, 2.05) is 17.5 Å². The van der Waals surface area contributed by atoms with Gasteiger partial charge in [0.25, 0.3) is 11.8 Å². The van der Waals surface area contributed by atoms with Gasteiger partial charge in [-0.05, 0) is 29.6 Å². The van der Waals surface area contributed by atoms with Crippen molar-refractivity contribution < 1.29 is 9.21 Å². The first-order valence-electron chi connectivity index (χ1n) is 5.76. The number of anilines is 1. The van der Waals surface area contributed by atoms with E-state index in [0.717, 1.165) is 4.88 Å². The number of halogens is 2. The molecule has 3 aromatic rings. The van der Waals surface area contributed by atoms with E-state index in [-0.39, 0.29) is 6.01 Å². The smallest absolute Gasteiger partial charge is 0.322 e. The van der Waals surface area contributed by atoms with Crippen LogP contribution >= 0.6 is 34.5 Å². The van der Waals surface area contributed by atoms with Crippen LogP contribution in [0.25, 0.3) is 10.8 Å². The summed E-state index contributed by atoms with van der Waals surface area (Å²) >= 11 is 13.2. The van der Waals surface area contributed by atoms with E-state index in [1.165, 1.54) is 23.5 Å². The van der Waals surface area contributed by atoms with Gasteiger partial charge < -0.3 is 4.42 Å². The van der Waals surface area contributed by atoms with Gasteiger partial charge in [0.05, 0.1) is 4.88 Å². The summed E-state index contributed by atoms with van der Waals surface area (Å²) in [4.78, 5) is 12.9. The van der Waals surface area contributed by atoms with Crippen LogP contribution in [0.15, 0.2) is 40.1 Å². The Labute approximate surface area is 133 Å². The zero-order chi connectivity index (χ0) is 14.8. The Kier molecular flexibility index (Phi) is 3.92. The number of hydrogen-bond donors (Lipinski definition) is 1. The van der Waals surface area contributed by atoms with Crippen LogP contribution in [-0.4, -0.2) is 16.1 Å². The number of hydrogen-bond acceptors (Lipinski definition) is 5. The van der Waals surface area contributed by atoms with Gasteiger partial charge in [0.15, 0.2) is 0 Å². The molecule has 2 aromatic heterocycles. The molecule has 3 rings (SSSR count). The SMILES string of the molecule is O=C(Nc1nnc(-c2cccs2)o1)c1cc(Cl)cc(Cl)c1. The maximum Gasteiger partial charge on any atom is 0.322 e. The molecule has 0 unspecified atom stereocenters. The Bertz CT molecular complexity index is 766. The van der Waals surface area contributed by atoms with E-state index < -0.39 is 5.91 Å². The molecule has 0 radical (unpaired) electrons. The third-order valence-corrected chi connectivity index (χ3v) is 3.80. The lowest BCUT2D eigenvalue weighted by Gasteiger charge is -2.02. The highest BCUT2D eigenvalue weighted by Gasteiger charge is 2.14. The normalized spacial score (nSPS) is 10.6. The molecule has 0 aliphatic carbocycles. The standard InChI is InChI=1S/C13H7Cl2N3O2S/c14-8-4-7(5-9(15)6-8)11(19)16-13-18-17-12(20-13)10-2-1-3-21-10/h1-6H,(H,16,18,19). The van der Waals surface area contributed by atoms with Crippen molar-refractivity contribution in [3.63, 3.8) is 0 Å². The predicted molar refractivity (Wildman–Crippen MR) is 82.0 cm³/mol. The maximum atomic E-state index is 12.1. The molecule has 0 saturated heterocycles. The summed E-state index contributed by atoms with van der Waals surface area (Å²) < 4.78 is 5.37. The number of amides is 1. The highest BCUT2D eigenvalue weighted by molar-refractivity contribution is 7.13. The second kappa shape index (κ2) is 5.85. The van der Waals surface area contributed by atoms with Crippen molar-refractivity contribution in [1.29, 1.82) is 0 Å². The second-order valence-electron chi connectivity index (χ2n) is 4.00. The number of nitrogens with zero attached hydrogens (tertiary/aromatic N) is 2. The van der Waals surface area contributed by atoms with E-state index >= 15 is 0 Å². The van der Waals surface area contributed by atoms with Crippen LogP contribution < -0.4 is 5.32 Å². The fourth-order valence-electron chi connectivity index (χ4n) is 1.63. The Morgan fingerprint density at radius 1 is 1.19 bits per heavy atom. The summed E-state index contributed by atoms with van der Waals surface area (Å²) in [6.07, 6.45) is 0. The lowest BCUT2D eigenvalue weighted by Crippen LogP contribution is -2.12. The summed E-state index contributed by atoms with van der Waals surface area (Å²) in [5.41, 5.74) is 0.309. The van der Waals surface area contributed by atoms with Gasteiger partial charge in [-0.2, -0.15) is 0 Å². The molecule has 0 spiro atoms. The third kappa shape index (κ3) is 3.24. The molecule has 2 heterocycles. The first-order chi connectivity index (χ1) is 10.1. The number of aromatic nitrogens is 2. The largest absolute Gasteiger partial charge is 0.402 e. The molecular weight excluding hydrogens is 333 g/mol. The van der Waals surface area contributed by atoms with Crippen LogP contribution in [0.5, 0.6) is 0 Å². The number of rotatable bonds is 3. The zero-order valence-corrected chi connectivity index (χ0v) is 12.7. The van der Waals surface area contributed by atoms with Gasteiger partial charge in [-0.1, -0.05) is 34.4 Å². The molecule has 0 atom stereocenters. The molecule has 0 bridgehead atoms. The molecule has 0 saturated carbocycles. The minimum Gasteiger partial charge on any atom is -0.402 e. The topological polar surface area (TPSA) is 68.0 Å². The van der Waals surface area contributed by atoms with Crippen LogP contribution in [0.3, 0.4) is 0 Å². The summed E-state index contributed by atoms with van der Waals surface area (Å²) in [6.45, 7) is 0. The Balaban J connectivity index is 1.79. The molecular formula is C13H7Cl2N3O2S. The average Bonchev–Trinajstić information content (AvgIpc) is 3.07. The molecule has 0 aliphatic heterocycles. The van der Waals surface area contributed by atoms with Crippen molar-refractivity contribution in [3.05, 3.63) is 51.3 Å². The number of thiophene rings is 1. The summed E-state index contributed by atoms with van der Waals surface area (Å²) in [5.74, 6) is -0.0785. The summed E-state index contributed by atoms with van der Waals surface area (Å²) in [6, 6.07) is 8.27. The van der Waals surface area contributed by atoms with Gasteiger partial charge in [0.1, 0.15) is 0 Å². The van der Waals surface area contributed by atoms with Gasteiger partial charge in [-0.15, -0.1) is 16.4 Å². The molecule has 106 valence electrons. The van der Waals surface area contributed by atoms with E-state index in [0.29, 0.717) is 21.5 Å². The number of nitrogens with one attached hydrogen (secondary N) is 1. The van der Waals surface area contributed by atoms with Crippen molar-refractivity contribution in [1.82, 2.24) is 10.2 Å². The first kappa shape index (κ1) is 14.1. The fraction of sp³-hybridized carbons (Fsp3) is 0. The van der Waals surface area contributed by atoms with Crippen molar-refractivity contribution in [2.45, 2.75) is 0 Å². The lowest BCUT2D eigenvalue weighted by atomic mass is 10.2. The summed E-state index contributed by atoms with van der Waals surface area (Å²) in [5, 5.41) is 12.8. The summed E-state index contributed by atoms with van der Waals surface area (Å²) in [7, 11) is 0. The molecule has 1 N–H and O–H groups in total. The van der Waals surface area contributed by atoms with Gasteiger partial charge >= 0.3 is 6.01 Å². The lowest BCUT2D eigenvalue weighted by molar-refractivity contribution is 0.102. The van der Waals surface area contributed by atoms with E-state index in [4.69, 9.17) is 27.6 Å². The van der Waals surface area contributed by atoms with Crippen molar-refractivity contribution in [3.8, 4) is 10.8 Å². The average molecular weight is 340 g/mol. The number of carbonyl (C=O) groups is 1. The molecule has 1 aromatic carbocycles. The van der Waals surface area contributed by atoms with Crippen molar-refractivity contribution in [2.24, 2.45) is 0 Å². The second-order valence-corrected chi connectivity index (χ2v) is 5.82. The minimum atomic E-state index is -0.430. The third-order valence-electron chi connectivity index (χ3n) is 2.50. The van der Waals surface area contributed by atoms with Gasteiger partial charge in [-0.25, -0.2) is 0 Å². The maximum absolute atomic E-state index is 12.1. The molecule has 5 nitrogen and oxygen atoms in total. The van der Waals surface area contributed by atoms with Gasteiger partial charge in [0, 0.05) is 15.6 Å². The molecule has 21 heavy (non-hydrogen) atoms. The van der Waals surface area contributed by atoms with Crippen LogP contribution in [-0.2, 0) is 0 Å². The minimum absolute atomic E-state index is 0.0134. The van der Waals surface area contributed by atoms with Crippen LogP contribution in [0.1, 0.15) is 10.4 Å². The number of carbonyl (C=O) groups excluding carboxylic acids is 1. The highest BCUT2D eigenvalue weighted by Crippen LogP contribution is 2.25. The first-order valence-corrected chi connectivity index (χ1v) is 7.40. The monoisotopic (exact) mass is 339 g/mol. The number of benzene rings is 1. The van der Waals surface area contributed by atoms with Gasteiger partial charge in [-0.3, -0.25) is 10.1 Å². The van der Waals surface area contributed by atoms with Crippen LogP contribution in [0.2, 0.25) is 10.0 Å². The van der Waals surface area contributed by atoms with Crippen molar-refractivity contribution in [2.75, 3.05) is 5.32 Å². The van der Waals surface area contributed by atoms with E-state index in [9.17, 15) is 4.79 Å². The Morgan fingerprint density at radius 3 is 2.62 bits per heavy atom. The molecule has 8 heteroatoms. The molecule has 0 aliphatic rings. The molecule has 1 amide bonds. The van der Waals surface area contributed by atoms with Crippen molar-refractivity contribution >= 4 is 46.5 Å². The zero-order valence-electron chi connectivity index (χ0n) is 10.3. The fourth-order valence-corrected chi connectivity index (χ4v) is 2.80. The van der Waals surface area contributed by atoms with E-state index in [1.54, 1.807) is 6.07 Å². The Morgan fingerprint density at radius 2 is 1.95 bits per heavy atom. The predicted octanol–water partition coefficient (Wildman–Crippen LogP) is 4.36. The van der Waals surface area contributed by atoms with Crippen LogP contribution in [0.4, 0.5) is 6.01 Å². The van der Waals surface area contributed by atoms with Crippen LogP contribution in [0, 0.1) is 0 Å². The quantitative estimate of drug-likeness (QED) is 0.769. The van der Waals surface area contributed by atoms with Gasteiger partial charge in [0.2, 0.25) is 0 Å². The highest BCUT2D eigenvalue weighted by atomic mass is 35.5. The Hall–Kier alpha value is -1.89. The molecule has 0 fully saturated rings.